The molecular formula is C56H30N4. The average Bonchev–Trinajstić information content (AvgIpc) is 4.05. The number of fused-ring (bicyclic) bond motifs is 12. The van der Waals surface area contributed by atoms with Crippen molar-refractivity contribution < 1.29 is 0 Å². The molecule has 0 aliphatic heterocycles. The Morgan fingerprint density at radius 3 is 1.25 bits per heavy atom. The number of nitrogens with zero attached hydrogens (tertiary/aromatic N) is 4. The van der Waals surface area contributed by atoms with E-state index in [-0.39, 0.29) is 0 Å². The van der Waals surface area contributed by atoms with Gasteiger partial charge in [0.1, 0.15) is 0 Å². The third-order valence-corrected chi connectivity index (χ3v) is 12.8. The summed E-state index contributed by atoms with van der Waals surface area (Å²) in [6.45, 7) is 7.61. The fourth-order valence-electron chi connectivity index (χ4n) is 10.3. The monoisotopic (exact) mass is 758 g/mol. The van der Waals surface area contributed by atoms with Crippen LogP contribution in [0.2, 0.25) is 0 Å². The fraction of sp³-hybridized carbons (Fsp3) is 0. The molecule has 0 N–H and O–H groups in total. The summed E-state index contributed by atoms with van der Waals surface area (Å²) < 4.78 is 5.09. The van der Waals surface area contributed by atoms with Crippen LogP contribution in [0, 0.1) is 17.9 Å². The van der Waals surface area contributed by atoms with Crippen LogP contribution in [0.4, 0.5) is 5.69 Å². The van der Waals surface area contributed by atoms with Crippen molar-refractivity contribution in [3.8, 4) is 50.6 Å². The quantitative estimate of drug-likeness (QED) is 0.165. The zero-order valence-corrected chi connectivity index (χ0v) is 32.1. The smallest absolute Gasteiger partial charge is 0.187 e. The van der Waals surface area contributed by atoms with Crippen LogP contribution in [0.5, 0.6) is 0 Å². The molecule has 60 heavy (non-hydrogen) atoms. The van der Waals surface area contributed by atoms with Crippen LogP contribution < -0.4 is 0 Å². The van der Waals surface area contributed by atoms with Crippen LogP contribution in [-0.4, -0.2) is 8.80 Å². The van der Waals surface area contributed by atoms with Crippen molar-refractivity contribution in [2.45, 2.75) is 0 Å². The van der Waals surface area contributed by atoms with Gasteiger partial charge in [0, 0.05) is 54.2 Å². The number of para-hydroxylation sites is 2. The first-order valence-corrected chi connectivity index (χ1v) is 20.2. The number of benzene rings is 9. The van der Waals surface area contributed by atoms with Crippen molar-refractivity contribution in [2.75, 3.05) is 0 Å². The fourth-order valence-corrected chi connectivity index (χ4v) is 10.3. The van der Waals surface area contributed by atoms with Gasteiger partial charge in [-0.2, -0.15) is 5.26 Å². The minimum Gasteiger partial charge on any atom is -0.307 e. The summed E-state index contributed by atoms with van der Waals surface area (Å²) in [7, 11) is 0. The van der Waals surface area contributed by atoms with Gasteiger partial charge in [-0.05, 0) is 81.9 Å². The van der Waals surface area contributed by atoms with E-state index in [0.29, 0.717) is 11.3 Å². The second-order valence-electron chi connectivity index (χ2n) is 15.8. The summed E-state index contributed by atoms with van der Waals surface area (Å²) in [4.78, 5) is 3.69. The molecule has 0 amide bonds. The van der Waals surface area contributed by atoms with Crippen molar-refractivity contribution >= 4 is 81.9 Å². The van der Waals surface area contributed by atoms with Crippen LogP contribution >= 0.6 is 0 Å². The molecule has 0 spiro atoms. The lowest BCUT2D eigenvalue weighted by Gasteiger charge is -2.16. The standard InChI is InChI=1S/C56H30N4/c1-58-40-26-24-35(25-27-40)39-29-44-42-17-9-11-19-48(42)60-54(44)46(31-39)52-50(37-14-6-3-7-15-37)55-51(49(56(52)60)36-12-4-2-5-13-36)45-30-38(34-22-20-33(32-57)21-23-34)28-43-41-16-8-10-18-47(41)59(55)53(43)45/h2-31H. The lowest BCUT2D eigenvalue weighted by atomic mass is 9.88. The van der Waals surface area contributed by atoms with Crippen molar-refractivity contribution in [3.05, 3.63) is 199 Å². The maximum absolute atomic E-state index is 9.66. The minimum atomic E-state index is 0.632. The molecule has 0 bridgehead atoms. The molecule has 9 aromatic carbocycles. The first-order valence-electron chi connectivity index (χ1n) is 20.2. The summed E-state index contributed by atoms with van der Waals surface area (Å²) in [6, 6.07) is 67.3. The van der Waals surface area contributed by atoms with Gasteiger partial charge in [0.05, 0.1) is 51.3 Å². The van der Waals surface area contributed by atoms with Gasteiger partial charge in [0.25, 0.3) is 0 Å². The van der Waals surface area contributed by atoms with Crippen LogP contribution in [0.25, 0.3) is 126 Å². The van der Waals surface area contributed by atoms with E-state index < -0.39 is 0 Å². The zero-order valence-electron chi connectivity index (χ0n) is 32.1. The Hall–Kier alpha value is -8.44. The summed E-state index contributed by atoms with van der Waals surface area (Å²) in [6.07, 6.45) is 0. The molecule has 0 fully saturated rings. The van der Waals surface area contributed by atoms with Gasteiger partial charge < -0.3 is 8.80 Å². The highest BCUT2D eigenvalue weighted by molar-refractivity contribution is 6.38. The molecule has 4 aromatic heterocycles. The van der Waals surface area contributed by atoms with Crippen LogP contribution in [0.1, 0.15) is 5.56 Å². The predicted molar refractivity (Wildman–Crippen MR) is 248 cm³/mol. The molecular weight excluding hydrogens is 729 g/mol. The Labute approximate surface area is 344 Å². The third kappa shape index (κ3) is 4.26. The second-order valence-corrected chi connectivity index (χ2v) is 15.8. The largest absolute Gasteiger partial charge is 0.307 e. The van der Waals surface area contributed by atoms with Crippen molar-refractivity contribution in [1.82, 2.24) is 8.80 Å². The summed E-state index contributed by atoms with van der Waals surface area (Å²) >= 11 is 0. The third-order valence-electron chi connectivity index (χ3n) is 12.8. The Kier molecular flexibility index (Phi) is 6.55. The highest BCUT2D eigenvalue weighted by Crippen LogP contribution is 2.55. The van der Waals surface area contributed by atoms with E-state index >= 15 is 0 Å². The van der Waals surface area contributed by atoms with E-state index in [9.17, 15) is 5.26 Å². The molecule has 0 unspecified atom stereocenters. The minimum absolute atomic E-state index is 0.632. The second kappa shape index (κ2) is 12.0. The Morgan fingerprint density at radius 2 is 0.800 bits per heavy atom. The van der Waals surface area contributed by atoms with E-state index in [1.165, 1.54) is 87.3 Å². The molecule has 4 nitrogen and oxygen atoms in total. The van der Waals surface area contributed by atoms with Crippen molar-refractivity contribution in [1.29, 1.82) is 5.26 Å². The average molecular weight is 759 g/mol. The molecule has 0 radical (unpaired) electrons. The maximum atomic E-state index is 9.66. The van der Waals surface area contributed by atoms with Gasteiger partial charge in [0.15, 0.2) is 5.69 Å². The summed E-state index contributed by atoms with van der Waals surface area (Å²) in [5.74, 6) is 0. The predicted octanol–water partition coefficient (Wildman–Crippen LogP) is 15.1. The Bertz CT molecular complexity index is 3710. The highest BCUT2D eigenvalue weighted by Gasteiger charge is 2.31. The van der Waals surface area contributed by atoms with Gasteiger partial charge in [0.2, 0.25) is 0 Å². The topological polar surface area (TPSA) is 37.0 Å². The number of rotatable bonds is 4. The molecule has 274 valence electrons. The Balaban J connectivity index is 1.34. The van der Waals surface area contributed by atoms with E-state index in [4.69, 9.17) is 6.57 Å². The van der Waals surface area contributed by atoms with E-state index in [1.807, 2.05) is 24.3 Å². The van der Waals surface area contributed by atoms with Gasteiger partial charge >= 0.3 is 0 Å². The van der Waals surface area contributed by atoms with E-state index in [0.717, 1.165) is 33.4 Å². The number of hydrogen-bond donors (Lipinski definition) is 0. The van der Waals surface area contributed by atoms with Gasteiger partial charge in [-0.1, -0.05) is 133 Å². The lowest BCUT2D eigenvalue weighted by Crippen LogP contribution is -1.93. The lowest BCUT2D eigenvalue weighted by molar-refractivity contribution is 1.36. The molecule has 0 aliphatic rings. The molecule has 0 saturated carbocycles. The van der Waals surface area contributed by atoms with Gasteiger partial charge in [-0.15, -0.1) is 0 Å². The first kappa shape index (κ1) is 32.6. The molecule has 0 saturated heterocycles. The first-order chi connectivity index (χ1) is 29.7. The summed E-state index contributed by atoms with van der Waals surface area (Å²) in [5.41, 5.74) is 17.5. The molecule has 4 heterocycles. The van der Waals surface area contributed by atoms with Crippen LogP contribution in [0.3, 0.4) is 0 Å². The van der Waals surface area contributed by atoms with Crippen LogP contribution in [-0.2, 0) is 0 Å². The van der Waals surface area contributed by atoms with E-state index in [2.05, 4.69) is 177 Å². The van der Waals surface area contributed by atoms with Crippen molar-refractivity contribution in [2.24, 2.45) is 0 Å². The Morgan fingerprint density at radius 1 is 0.383 bits per heavy atom. The van der Waals surface area contributed by atoms with Gasteiger partial charge in [-0.25, -0.2) is 4.85 Å². The normalized spacial score (nSPS) is 12.0. The van der Waals surface area contributed by atoms with Crippen LogP contribution in [0.15, 0.2) is 182 Å². The molecule has 0 atom stereocenters. The maximum Gasteiger partial charge on any atom is 0.187 e. The molecule has 13 aromatic rings. The molecule has 13 rings (SSSR count). The number of aromatic nitrogens is 2. The SMILES string of the molecule is [C-]#[N+]c1ccc(-c2cc3c4ccccc4n4c5c(-c6ccccc6)c6c7cc(-c8ccc(C#N)cc8)cc8c9ccccc9n(c6c(-c6ccccc6)c5c(c2)c34)c87)cc1. The van der Waals surface area contributed by atoms with Crippen molar-refractivity contribution in [3.63, 3.8) is 0 Å². The highest BCUT2D eigenvalue weighted by atomic mass is 14.9. The number of nitriles is 1. The molecule has 4 heteroatoms. The van der Waals surface area contributed by atoms with E-state index in [1.54, 1.807) is 0 Å². The molecule has 0 aliphatic carbocycles. The zero-order chi connectivity index (χ0) is 39.6. The summed E-state index contributed by atoms with van der Waals surface area (Å²) in [5, 5.41) is 19.3. The number of hydrogen-bond acceptors (Lipinski definition) is 1. The van der Waals surface area contributed by atoms with Gasteiger partial charge in [-0.3, -0.25) is 0 Å².